The van der Waals surface area contributed by atoms with Crippen molar-refractivity contribution in [2.24, 2.45) is 0 Å². The SMILES string of the molecule is CC(C)(C)OC=O.CN1CCC(=C(F)CN2CCN(C(=O)OCc3ccccc3)CC2)CC1. The minimum Gasteiger partial charge on any atom is -0.462 e. The van der Waals surface area contributed by atoms with Gasteiger partial charge >= 0.3 is 6.09 Å². The van der Waals surface area contributed by atoms with Crippen molar-refractivity contribution >= 4 is 12.6 Å². The first-order valence-electron chi connectivity index (χ1n) is 11.5. The second-order valence-electron chi connectivity index (χ2n) is 9.44. The van der Waals surface area contributed by atoms with Crippen LogP contribution in [0, 0.1) is 0 Å². The number of amides is 1. The van der Waals surface area contributed by atoms with Crippen LogP contribution in [0.25, 0.3) is 0 Å². The van der Waals surface area contributed by atoms with E-state index in [2.05, 4.69) is 21.6 Å². The third-order valence-corrected chi connectivity index (χ3v) is 5.57. The Kier molecular flexibility index (Phi) is 10.8. The number of halogens is 1. The number of piperidine rings is 1. The van der Waals surface area contributed by atoms with Gasteiger partial charge in [-0.2, -0.15) is 0 Å². The molecule has 1 aromatic carbocycles. The maximum atomic E-state index is 14.5. The molecule has 2 fully saturated rings. The number of ether oxygens (including phenoxy) is 2. The van der Waals surface area contributed by atoms with Gasteiger partial charge in [0.15, 0.2) is 0 Å². The molecule has 2 heterocycles. The molecule has 0 radical (unpaired) electrons. The second-order valence-corrected chi connectivity index (χ2v) is 9.44. The van der Waals surface area contributed by atoms with Crippen LogP contribution in [0.2, 0.25) is 0 Å². The maximum absolute atomic E-state index is 14.5. The van der Waals surface area contributed by atoms with Gasteiger partial charge in [0.1, 0.15) is 18.0 Å². The van der Waals surface area contributed by atoms with Crippen LogP contribution in [0.3, 0.4) is 0 Å². The summed E-state index contributed by atoms with van der Waals surface area (Å²) in [5, 5.41) is 0. The molecule has 1 amide bonds. The highest BCUT2D eigenvalue weighted by Crippen LogP contribution is 2.21. The van der Waals surface area contributed by atoms with E-state index in [-0.39, 0.29) is 24.1 Å². The summed E-state index contributed by atoms with van der Waals surface area (Å²) < 4.78 is 24.4. The Morgan fingerprint density at radius 2 is 1.64 bits per heavy atom. The summed E-state index contributed by atoms with van der Waals surface area (Å²) in [7, 11) is 2.07. The van der Waals surface area contributed by atoms with Crippen LogP contribution < -0.4 is 0 Å². The summed E-state index contributed by atoms with van der Waals surface area (Å²) in [6.45, 7) is 11.0. The molecular weight excluding hydrogens is 425 g/mol. The van der Waals surface area contributed by atoms with Gasteiger partial charge < -0.3 is 19.3 Å². The van der Waals surface area contributed by atoms with E-state index >= 15 is 0 Å². The second kappa shape index (κ2) is 13.3. The average molecular weight is 464 g/mol. The van der Waals surface area contributed by atoms with Gasteiger partial charge in [-0.15, -0.1) is 0 Å². The molecule has 0 spiro atoms. The number of likely N-dealkylation sites (tertiary alicyclic amines) is 1. The minimum atomic E-state index is -0.318. The lowest BCUT2D eigenvalue weighted by molar-refractivity contribution is -0.138. The molecule has 184 valence electrons. The largest absolute Gasteiger partial charge is 0.462 e. The molecule has 0 bridgehead atoms. The van der Waals surface area contributed by atoms with Crippen molar-refractivity contribution in [1.29, 1.82) is 0 Å². The summed E-state index contributed by atoms with van der Waals surface area (Å²) in [6.07, 6.45) is 1.37. The average Bonchev–Trinajstić information content (AvgIpc) is 2.79. The molecule has 0 unspecified atom stereocenters. The van der Waals surface area contributed by atoms with Crippen LogP contribution in [-0.2, 0) is 20.9 Å². The van der Waals surface area contributed by atoms with E-state index in [0.717, 1.165) is 37.1 Å². The third-order valence-electron chi connectivity index (χ3n) is 5.57. The molecule has 2 aliphatic heterocycles. The number of piperazine rings is 1. The number of carbonyl (C=O) groups is 2. The standard InChI is InChI=1S/C20H28FN3O2.C5H10O2/c1-22-9-7-18(8-10-22)19(21)15-23-11-13-24(14-12-23)20(25)26-16-17-5-3-2-4-6-17;1-5(2,3)7-4-6/h2-6H,7-16H2,1H3;4H,1-3H3. The highest BCUT2D eigenvalue weighted by molar-refractivity contribution is 5.67. The summed E-state index contributed by atoms with van der Waals surface area (Å²) in [4.78, 5) is 27.8. The molecule has 3 rings (SSSR count). The Hall–Kier alpha value is -2.45. The van der Waals surface area contributed by atoms with Crippen LogP contribution in [0.5, 0.6) is 0 Å². The van der Waals surface area contributed by atoms with Gasteiger partial charge in [-0.1, -0.05) is 30.3 Å². The molecule has 1 aromatic rings. The van der Waals surface area contributed by atoms with Crippen molar-refractivity contribution in [3.05, 3.63) is 47.3 Å². The number of rotatable bonds is 5. The maximum Gasteiger partial charge on any atom is 0.410 e. The predicted molar refractivity (Wildman–Crippen MR) is 126 cm³/mol. The van der Waals surface area contributed by atoms with E-state index < -0.39 is 0 Å². The summed E-state index contributed by atoms with van der Waals surface area (Å²) in [5.41, 5.74) is 1.63. The molecule has 2 saturated heterocycles. The van der Waals surface area contributed by atoms with Gasteiger partial charge in [-0.05, 0) is 51.8 Å². The number of hydrogen-bond donors (Lipinski definition) is 0. The zero-order valence-electron chi connectivity index (χ0n) is 20.4. The quantitative estimate of drug-likeness (QED) is 0.618. The first kappa shape index (κ1) is 26.8. The molecular formula is C25H38FN3O4. The van der Waals surface area contributed by atoms with E-state index in [4.69, 9.17) is 4.74 Å². The Balaban J connectivity index is 0.000000479. The first-order chi connectivity index (χ1) is 15.7. The van der Waals surface area contributed by atoms with Gasteiger partial charge in [0.05, 0.1) is 6.54 Å². The summed E-state index contributed by atoms with van der Waals surface area (Å²) >= 11 is 0. The topological polar surface area (TPSA) is 62.3 Å². The van der Waals surface area contributed by atoms with Crippen molar-refractivity contribution in [1.82, 2.24) is 14.7 Å². The van der Waals surface area contributed by atoms with Crippen LogP contribution in [0.4, 0.5) is 9.18 Å². The fourth-order valence-corrected chi connectivity index (χ4v) is 3.51. The van der Waals surface area contributed by atoms with Crippen LogP contribution >= 0.6 is 0 Å². The molecule has 8 heteroatoms. The third kappa shape index (κ3) is 10.4. The van der Waals surface area contributed by atoms with E-state index in [9.17, 15) is 14.0 Å². The first-order valence-corrected chi connectivity index (χ1v) is 11.5. The number of carbonyl (C=O) groups excluding carboxylic acids is 2. The van der Waals surface area contributed by atoms with Gasteiger partial charge in [-0.3, -0.25) is 9.69 Å². The van der Waals surface area contributed by atoms with Gasteiger partial charge in [0, 0.05) is 39.3 Å². The Bertz CT molecular complexity index is 762. The van der Waals surface area contributed by atoms with Crippen molar-refractivity contribution in [2.45, 2.75) is 45.8 Å². The number of hydrogen-bond acceptors (Lipinski definition) is 6. The van der Waals surface area contributed by atoms with Crippen molar-refractivity contribution in [3.8, 4) is 0 Å². The van der Waals surface area contributed by atoms with Gasteiger partial charge in [0.25, 0.3) is 6.47 Å². The van der Waals surface area contributed by atoms with E-state index in [1.165, 1.54) is 0 Å². The molecule has 0 aromatic heterocycles. The molecule has 0 aliphatic carbocycles. The minimum absolute atomic E-state index is 0.0261. The fourth-order valence-electron chi connectivity index (χ4n) is 3.51. The van der Waals surface area contributed by atoms with Gasteiger partial charge in [0.2, 0.25) is 0 Å². The van der Waals surface area contributed by atoms with E-state index in [0.29, 0.717) is 39.2 Å². The molecule has 0 atom stereocenters. The zero-order valence-corrected chi connectivity index (χ0v) is 20.4. The normalized spacial score (nSPS) is 17.6. The van der Waals surface area contributed by atoms with Crippen LogP contribution in [-0.4, -0.2) is 85.7 Å². The lowest BCUT2D eigenvalue weighted by atomic mass is 10.0. The summed E-state index contributed by atoms with van der Waals surface area (Å²) in [5.74, 6) is 0.0261. The molecule has 33 heavy (non-hydrogen) atoms. The van der Waals surface area contributed by atoms with Crippen LogP contribution in [0.15, 0.2) is 41.7 Å². The Morgan fingerprint density at radius 3 is 2.15 bits per heavy atom. The zero-order chi connectivity index (χ0) is 24.3. The Labute approximate surface area is 197 Å². The highest BCUT2D eigenvalue weighted by atomic mass is 19.1. The van der Waals surface area contributed by atoms with Crippen molar-refractivity contribution in [3.63, 3.8) is 0 Å². The smallest absolute Gasteiger partial charge is 0.410 e. The van der Waals surface area contributed by atoms with Crippen LogP contribution in [0.1, 0.15) is 39.2 Å². The fraction of sp³-hybridized carbons (Fsp3) is 0.600. The predicted octanol–water partition coefficient (Wildman–Crippen LogP) is 3.85. The molecule has 7 nitrogen and oxygen atoms in total. The lowest BCUT2D eigenvalue weighted by Crippen LogP contribution is -2.49. The van der Waals surface area contributed by atoms with E-state index in [1.54, 1.807) is 4.90 Å². The Morgan fingerprint density at radius 1 is 1.03 bits per heavy atom. The lowest BCUT2D eigenvalue weighted by Gasteiger charge is -2.34. The molecule has 0 saturated carbocycles. The highest BCUT2D eigenvalue weighted by Gasteiger charge is 2.24. The number of nitrogens with zero attached hydrogens (tertiary/aromatic N) is 3. The molecule has 2 aliphatic rings. The molecule has 0 N–H and O–H groups in total. The van der Waals surface area contributed by atoms with Crippen molar-refractivity contribution in [2.75, 3.05) is 52.9 Å². The number of benzene rings is 1. The summed E-state index contributed by atoms with van der Waals surface area (Å²) in [6, 6.07) is 9.66. The van der Waals surface area contributed by atoms with E-state index in [1.807, 2.05) is 51.1 Å². The van der Waals surface area contributed by atoms with Crippen molar-refractivity contribution < 1.29 is 23.5 Å². The monoisotopic (exact) mass is 463 g/mol. The van der Waals surface area contributed by atoms with Gasteiger partial charge in [-0.25, -0.2) is 9.18 Å².